The summed E-state index contributed by atoms with van der Waals surface area (Å²) in [6.45, 7) is 10.3. The van der Waals surface area contributed by atoms with Gasteiger partial charge in [-0.15, -0.1) is 0 Å². The van der Waals surface area contributed by atoms with Gasteiger partial charge in [-0.25, -0.2) is 0 Å². The van der Waals surface area contributed by atoms with Gasteiger partial charge >= 0.3 is 5.97 Å². The maximum Gasteiger partial charge on any atom is 0.308 e. The number of likely N-dealkylation sites (N-methyl/N-ethyl adjacent to an activating group) is 1. The third kappa shape index (κ3) is 8.68. The number of amides is 3. The molecule has 0 aromatic heterocycles. The first kappa shape index (κ1) is 34.5. The van der Waals surface area contributed by atoms with E-state index in [2.05, 4.69) is 22.0 Å². The molecule has 0 saturated carbocycles. The largest absolute Gasteiger partial charge is 0.508 e. The van der Waals surface area contributed by atoms with Gasteiger partial charge in [0.1, 0.15) is 17.8 Å². The number of hydrogen-bond acceptors (Lipinski definition) is 7. The molecular weight excluding hydrogens is 584 g/mol. The maximum absolute atomic E-state index is 14.2. The van der Waals surface area contributed by atoms with Crippen LogP contribution < -0.4 is 16.0 Å². The quantitative estimate of drug-likeness (QED) is 0.285. The van der Waals surface area contributed by atoms with Gasteiger partial charge < -0.3 is 30.7 Å². The van der Waals surface area contributed by atoms with E-state index in [4.69, 9.17) is 4.74 Å². The number of benzene rings is 2. The fourth-order valence-electron chi connectivity index (χ4n) is 6.24. The number of carbonyl (C=O) groups is 4. The van der Waals surface area contributed by atoms with E-state index in [1.165, 1.54) is 17.0 Å². The van der Waals surface area contributed by atoms with Gasteiger partial charge in [-0.05, 0) is 67.9 Å². The summed E-state index contributed by atoms with van der Waals surface area (Å²) in [5.41, 5.74) is 3.71. The zero-order valence-corrected chi connectivity index (χ0v) is 27.7. The molecule has 3 amide bonds. The third-order valence-corrected chi connectivity index (χ3v) is 9.30. The highest BCUT2D eigenvalue weighted by molar-refractivity contribution is 5.92. The topological polar surface area (TPSA) is 137 Å². The second-order valence-corrected chi connectivity index (χ2v) is 13.1. The molecule has 7 atom stereocenters. The van der Waals surface area contributed by atoms with Gasteiger partial charge in [0.25, 0.3) is 0 Å². The number of para-hydroxylation sites is 1. The average molecular weight is 633 g/mol. The van der Waals surface area contributed by atoms with Gasteiger partial charge in [-0.3, -0.25) is 19.2 Å². The second-order valence-electron chi connectivity index (χ2n) is 13.1. The van der Waals surface area contributed by atoms with Crippen molar-refractivity contribution in [3.63, 3.8) is 0 Å². The SMILES string of the molecule is C/C1=C\[C@@H](C)[C@@H](C)COC(=O)C[C@H](c2ccc(O)cc2)NC(=O)[C@@H](CC2CNc3ccccc32)N(C)C(=O)[C@H](C)NC(=O)[C@@H](C)C1. The fraction of sp³-hybridized carbons (Fsp3) is 0.500. The Morgan fingerprint density at radius 1 is 0.913 bits per heavy atom. The normalized spacial score (nSPS) is 29.9. The molecule has 2 heterocycles. The number of ether oxygens (including phenoxy) is 1. The van der Waals surface area contributed by atoms with E-state index < -0.39 is 35.9 Å². The zero-order valence-electron chi connectivity index (χ0n) is 27.7. The molecule has 46 heavy (non-hydrogen) atoms. The first-order valence-corrected chi connectivity index (χ1v) is 16.2. The maximum atomic E-state index is 14.2. The van der Waals surface area contributed by atoms with Crippen molar-refractivity contribution < 1.29 is 29.0 Å². The summed E-state index contributed by atoms with van der Waals surface area (Å²) in [6.07, 6.45) is 2.81. The van der Waals surface area contributed by atoms with Gasteiger partial charge in [-0.2, -0.15) is 0 Å². The van der Waals surface area contributed by atoms with Crippen LogP contribution in [0.2, 0.25) is 0 Å². The van der Waals surface area contributed by atoms with Crippen LogP contribution >= 0.6 is 0 Å². The van der Waals surface area contributed by atoms with Crippen LogP contribution in [0.4, 0.5) is 5.69 Å². The molecule has 2 aliphatic heterocycles. The molecular formula is C36H48N4O6. The van der Waals surface area contributed by atoms with Crippen LogP contribution in [0.15, 0.2) is 60.2 Å². The van der Waals surface area contributed by atoms with E-state index in [0.717, 1.165) is 16.8 Å². The number of nitrogens with zero attached hydrogens (tertiary/aromatic N) is 1. The molecule has 248 valence electrons. The van der Waals surface area contributed by atoms with Gasteiger partial charge in [-0.1, -0.05) is 62.8 Å². The molecule has 10 nitrogen and oxygen atoms in total. The zero-order chi connectivity index (χ0) is 33.5. The molecule has 4 N–H and O–H groups in total. The summed E-state index contributed by atoms with van der Waals surface area (Å²) in [6, 6.07) is 11.7. The second kappa shape index (κ2) is 15.3. The lowest BCUT2D eigenvalue weighted by molar-refractivity contribution is -0.146. The first-order chi connectivity index (χ1) is 21.8. The number of allylic oxidation sites excluding steroid dienone is 2. The van der Waals surface area contributed by atoms with Gasteiger partial charge in [0.15, 0.2) is 0 Å². The van der Waals surface area contributed by atoms with Crippen LogP contribution in [-0.2, 0) is 23.9 Å². The van der Waals surface area contributed by atoms with Crippen molar-refractivity contribution in [1.29, 1.82) is 0 Å². The van der Waals surface area contributed by atoms with E-state index in [0.29, 0.717) is 24.9 Å². The standard InChI is InChI=1S/C36H48N4O6/c1-21-15-22(2)24(4)20-46-33(42)18-31(26-11-13-28(41)14-12-26)39-35(44)32(17-27-19-37-30-10-8-7-9-29(27)30)40(6)36(45)25(5)38-34(43)23(3)16-21/h7-15,22-25,27,31-32,37,41H,16-20H2,1-6H3,(H,38,43)(H,39,44)/b21-15+/t22-,23+,24+,25+,27?,31-,32-/m1/s1. The molecule has 2 aromatic carbocycles. The number of nitrogens with one attached hydrogen (secondary N) is 3. The minimum absolute atomic E-state index is 0.0189. The molecule has 0 aliphatic carbocycles. The van der Waals surface area contributed by atoms with Gasteiger partial charge in [0, 0.05) is 31.1 Å². The molecule has 10 heteroatoms. The average Bonchev–Trinajstić information content (AvgIpc) is 3.43. The first-order valence-electron chi connectivity index (χ1n) is 16.2. The van der Waals surface area contributed by atoms with Crippen LogP contribution in [0.3, 0.4) is 0 Å². The third-order valence-electron chi connectivity index (χ3n) is 9.30. The van der Waals surface area contributed by atoms with Crippen molar-refractivity contribution in [3.05, 3.63) is 71.3 Å². The number of phenolic OH excluding ortho intramolecular Hbond substituents is 1. The van der Waals surface area contributed by atoms with Crippen LogP contribution in [0.1, 0.15) is 77.0 Å². The van der Waals surface area contributed by atoms with Crippen LogP contribution in [-0.4, -0.2) is 66.0 Å². The van der Waals surface area contributed by atoms with Crippen molar-refractivity contribution in [1.82, 2.24) is 15.5 Å². The molecule has 1 unspecified atom stereocenters. The van der Waals surface area contributed by atoms with Crippen molar-refractivity contribution in [2.45, 2.75) is 77.9 Å². The predicted octanol–water partition coefficient (Wildman–Crippen LogP) is 4.67. The molecule has 0 radical (unpaired) electrons. The Kier molecular flexibility index (Phi) is 11.5. The van der Waals surface area contributed by atoms with Gasteiger partial charge in [0.05, 0.1) is 19.1 Å². The van der Waals surface area contributed by atoms with E-state index >= 15 is 0 Å². The molecule has 4 rings (SSSR count). The molecule has 0 saturated heterocycles. The minimum atomic E-state index is -0.911. The number of fused-ring (bicyclic) bond motifs is 1. The molecule has 0 spiro atoms. The Balaban J connectivity index is 1.68. The number of phenols is 1. The lowest BCUT2D eigenvalue weighted by atomic mass is 9.91. The summed E-state index contributed by atoms with van der Waals surface area (Å²) in [4.78, 5) is 55.7. The van der Waals surface area contributed by atoms with E-state index in [1.54, 1.807) is 26.1 Å². The van der Waals surface area contributed by atoms with Crippen molar-refractivity contribution in [2.75, 3.05) is 25.5 Å². The van der Waals surface area contributed by atoms with Crippen molar-refractivity contribution in [3.8, 4) is 5.75 Å². The van der Waals surface area contributed by atoms with E-state index in [9.17, 15) is 24.3 Å². The molecule has 0 fully saturated rings. The highest BCUT2D eigenvalue weighted by Gasteiger charge is 2.36. The summed E-state index contributed by atoms with van der Waals surface area (Å²) >= 11 is 0. The van der Waals surface area contributed by atoms with Crippen LogP contribution in [0.5, 0.6) is 5.75 Å². The highest BCUT2D eigenvalue weighted by atomic mass is 16.5. The highest BCUT2D eigenvalue weighted by Crippen LogP contribution is 2.35. The molecule has 2 aromatic rings. The number of hydrogen-bond donors (Lipinski definition) is 4. The summed E-state index contributed by atoms with van der Waals surface area (Å²) in [5.74, 6) is -1.80. The van der Waals surface area contributed by atoms with Crippen molar-refractivity contribution in [2.24, 2.45) is 17.8 Å². The molecule has 0 bridgehead atoms. The summed E-state index contributed by atoms with van der Waals surface area (Å²) in [5, 5.41) is 19.2. The summed E-state index contributed by atoms with van der Waals surface area (Å²) in [7, 11) is 1.58. The number of rotatable bonds is 3. The number of aromatic hydroxyl groups is 1. The van der Waals surface area contributed by atoms with E-state index in [1.807, 2.05) is 52.0 Å². The Hall–Kier alpha value is -4.34. The summed E-state index contributed by atoms with van der Waals surface area (Å²) < 4.78 is 5.69. The molecule has 2 aliphatic rings. The van der Waals surface area contributed by atoms with Crippen LogP contribution in [0.25, 0.3) is 0 Å². The smallest absolute Gasteiger partial charge is 0.308 e. The Labute approximate surface area is 272 Å². The Morgan fingerprint density at radius 2 is 1.61 bits per heavy atom. The van der Waals surface area contributed by atoms with Gasteiger partial charge in [0.2, 0.25) is 17.7 Å². The Morgan fingerprint density at radius 3 is 2.33 bits per heavy atom. The predicted molar refractivity (Wildman–Crippen MR) is 177 cm³/mol. The van der Waals surface area contributed by atoms with Crippen LogP contribution in [0, 0.1) is 17.8 Å². The number of esters is 1. The lowest BCUT2D eigenvalue weighted by Crippen LogP contribution is -2.54. The number of cyclic esters (lactones) is 1. The monoisotopic (exact) mass is 632 g/mol. The fourth-order valence-corrected chi connectivity index (χ4v) is 6.24. The lowest BCUT2D eigenvalue weighted by Gasteiger charge is -2.33. The Bertz CT molecular complexity index is 1440. The van der Waals surface area contributed by atoms with Crippen molar-refractivity contribution >= 4 is 29.4 Å². The van der Waals surface area contributed by atoms with E-state index in [-0.39, 0.29) is 48.4 Å². The number of anilines is 1. The number of carbonyl (C=O) groups excluding carboxylic acids is 4. The minimum Gasteiger partial charge on any atom is -0.508 e.